The maximum Gasteiger partial charge on any atom is 0.416 e. The fourth-order valence-electron chi connectivity index (χ4n) is 2.73. The molecular weight excluding hydrogens is 371 g/mol. The molecule has 0 bridgehead atoms. The molecule has 1 aromatic heterocycles. The van der Waals surface area contributed by atoms with Crippen LogP contribution in [-0.2, 0) is 12.7 Å². The molecule has 0 aliphatic rings. The quantitative estimate of drug-likeness (QED) is 0.714. The Balaban J connectivity index is 1.76. The summed E-state index contributed by atoms with van der Waals surface area (Å²) in [5.74, 6) is 0.361. The summed E-state index contributed by atoms with van der Waals surface area (Å²) in [6, 6.07) is 12.0. The molecule has 28 heavy (non-hydrogen) atoms. The first kappa shape index (κ1) is 19.5. The van der Waals surface area contributed by atoms with E-state index in [9.17, 15) is 18.0 Å². The first-order valence-electron chi connectivity index (χ1n) is 8.43. The maximum atomic E-state index is 12.9. The third kappa shape index (κ3) is 4.16. The summed E-state index contributed by atoms with van der Waals surface area (Å²) in [6.45, 7) is 1.94. The minimum Gasteiger partial charge on any atom is -0.497 e. The molecule has 0 spiro atoms. The van der Waals surface area contributed by atoms with E-state index in [1.54, 1.807) is 26.2 Å². The van der Waals surface area contributed by atoms with Crippen molar-refractivity contribution in [3.8, 4) is 11.4 Å². The maximum absolute atomic E-state index is 12.9. The second-order valence-electron chi connectivity index (χ2n) is 6.13. The largest absolute Gasteiger partial charge is 0.497 e. The molecule has 0 aliphatic heterocycles. The molecule has 1 N–H and O–H groups in total. The molecule has 0 unspecified atom stereocenters. The van der Waals surface area contributed by atoms with Gasteiger partial charge >= 0.3 is 6.18 Å². The van der Waals surface area contributed by atoms with Gasteiger partial charge in [0.1, 0.15) is 5.75 Å². The average Bonchev–Trinajstić information content (AvgIpc) is 3.07. The average molecular weight is 389 g/mol. The zero-order valence-corrected chi connectivity index (χ0v) is 15.2. The smallest absolute Gasteiger partial charge is 0.416 e. The molecule has 1 amide bonds. The fraction of sp³-hybridized carbons (Fsp3) is 0.200. The molecule has 1 heterocycles. The number of nitrogens with one attached hydrogen (secondary N) is 1. The molecule has 2 aromatic carbocycles. The summed E-state index contributed by atoms with van der Waals surface area (Å²) in [6.07, 6.45) is -3.10. The first-order valence-corrected chi connectivity index (χ1v) is 8.43. The molecular formula is C20H18F3N3O2. The lowest BCUT2D eigenvalue weighted by molar-refractivity contribution is -0.137. The molecule has 0 aliphatic carbocycles. The highest BCUT2D eigenvalue weighted by atomic mass is 19.4. The summed E-state index contributed by atoms with van der Waals surface area (Å²) in [5.41, 5.74) is 1.10. The highest BCUT2D eigenvalue weighted by Crippen LogP contribution is 2.30. The number of aromatic nitrogens is 2. The normalized spacial score (nSPS) is 11.3. The Bertz CT molecular complexity index is 979. The van der Waals surface area contributed by atoms with E-state index in [1.807, 2.05) is 12.1 Å². The van der Waals surface area contributed by atoms with Crippen LogP contribution in [0.15, 0.2) is 54.7 Å². The Labute approximate surface area is 159 Å². The van der Waals surface area contributed by atoms with Crippen molar-refractivity contribution < 1.29 is 22.7 Å². The van der Waals surface area contributed by atoms with Crippen LogP contribution in [0.3, 0.4) is 0 Å². The second-order valence-corrected chi connectivity index (χ2v) is 6.13. The van der Waals surface area contributed by atoms with Crippen molar-refractivity contribution in [1.29, 1.82) is 0 Å². The summed E-state index contributed by atoms with van der Waals surface area (Å²) in [5, 5.41) is 6.86. The van der Waals surface area contributed by atoms with E-state index in [4.69, 9.17) is 4.74 Å². The van der Waals surface area contributed by atoms with Crippen LogP contribution in [0.5, 0.6) is 5.75 Å². The van der Waals surface area contributed by atoms with Crippen LogP contribution in [0.25, 0.3) is 5.69 Å². The molecule has 5 nitrogen and oxygen atoms in total. The number of hydrogen-bond acceptors (Lipinski definition) is 3. The van der Waals surface area contributed by atoms with Gasteiger partial charge in [-0.2, -0.15) is 18.3 Å². The minimum absolute atomic E-state index is 0.238. The van der Waals surface area contributed by atoms with Crippen LogP contribution < -0.4 is 10.1 Å². The Morgan fingerprint density at radius 1 is 1.18 bits per heavy atom. The lowest BCUT2D eigenvalue weighted by Gasteiger charge is -2.10. The number of nitrogens with zero attached hydrogens (tertiary/aromatic N) is 2. The SMILES string of the molecule is COc1ccc(CNC(=O)c2cnn(-c3cccc(C(F)(F)F)c3)c2C)cc1. The van der Waals surface area contributed by atoms with Gasteiger partial charge in [-0.25, -0.2) is 4.68 Å². The van der Waals surface area contributed by atoms with Crippen LogP contribution in [0.4, 0.5) is 13.2 Å². The number of carbonyl (C=O) groups excluding carboxylic acids is 1. The molecule has 146 valence electrons. The van der Waals surface area contributed by atoms with Gasteiger partial charge in [-0.1, -0.05) is 18.2 Å². The van der Waals surface area contributed by atoms with Crippen LogP contribution in [0.1, 0.15) is 27.2 Å². The third-order valence-electron chi connectivity index (χ3n) is 4.28. The van der Waals surface area contributed by atoms with Gasteiger partial charge in [-0.15, -0.1) is 0 Å². The molecule has 0 saturated heterocycles. The van der Waals surface area contributed by atoms with Crippen molar-refractivity contribution in [2.45, 2.75) is 19.6 Å². The van der Waals surface area contributed by atoms with Gasteiger partial charge in [-0.3, -0.25) is 4.79 Å². The summed E-state index contributed by atoms with van der Waals surface area (Å²) in [4.78, 5) is 12.5. The van der Waals surface area contributed by atoms with E-state index in [0.717, 1.165) is 17.7 Å². The van der Waals surface area contributed by atoms with E-state index in [1.165, 1.54) is 23.0 Å². The second kappa shape index (κ2) is 7.75. The Morgan fingerprint density at radius 3 is 2.54 bits per heavy atom. The molecule has 8 heteroatoms. The van der Waals surface area contributed by atoms with Crippen molar-refractivity contribution in [2.75, 3.05) is 7.11 Å². The van der Waals surface area contributed by atoms with Gasteiger partial charge in [0.15, 0.2) is 0 Å². The summed E-state index contributed by atoms with van der Waals surface area (Å²) in [7, 11) is 1.57. The highest BCUT2D eigenvalue weighted by Gasteiger charge is 2.30. The molecule has 0 atom stereocenters. The topological polar surface area (TPSA) is 56.1 Å². The molecule has 0 fully saturated rings. The van der Waals surface area contributed by atoms with Crippen LogP contribution in [-0.4, -0.2) is 22.8 Å². The molecule has 3 aromatic rings. The van der Waals surface area contributed by atoms with Gasteiger partial charge < -0.3 is 10.1 Å². The molecule has 3 rings (SSSR count). The predicted molar refractivity (Wildman–Crippen MR) is 97.5 cm³/mol. The zero-order valence-electron chi connectivity index (χ0n) is 15.2. The number of halogens is 3. The number of carbonyl (C=O) groups is 1. The Morgan fingerprint density at radius 2 is 1.89 bits per heavy atom. The van der Waals surface area contributed by atoms with Crippen molar-refractivity contribution in [2.24, 2.45) is 0 Å². The molecule has 0 saturated carbocycles. The van der Waals surface area contributed by atoms with E-state index in [0.29, 0.717) is 23.6 Å². The molecule has 0 radical (unpaired) electrons. The van der Waals surface area contributed by atoms with Crippen molar-refractivity contribution >= 4 is 5.91 Å². The van der Waals surface area contributed by atoms with Gasteiger partial charge in [0.05, 0.1) is 35.8 Å². The Kier molecular flexibility index (Phi) is 5.39. The third-order valence-corrected chi connectivity index (χ3v) is 4.28. The van der Waals surface area contributed by atoms with Crippen molar-refractivity contribution in [1.82, 2.24) is 15.1 Å². The van der Waals surface area contributed by atoms with Crippen LogP contribution in [0, 0.1) is 6.92 Å². The van der Waals surface area contributed by atoms with E-state index >= 15 is 0 Å². The van der Waals surface area contributed by atoms with E-state index < -0.39 is 11.7 Å². The standard InChI is InChI=1S/C20H18F3N3O2/c1-13-18(19(27)24-11-14-6-8-17(28-2)9-7-14)12-25-26(13)16-5-3-4-15(10-16)20(21,22)23/h3-10,12H,11H2,1-2H3,(H,24,27). The lowest BCUT2D eigenvalue weighted by atomic mass is 10.2. The number of amides is 1. The number of ether oxygens (including phenoxy) is 1. The Hall–Kier alpha value is -3.29. The van der Waals surface area contributed by atoms with Gasteiger partial charge in [0, 0.05) is 6.54 Å². The summed E-state index contributed by atoms with van der Waals surface area (Å²) >= 11 is 0. The van der Waals surface area contributed by atoms with Crippen LogP contribution >= 0.6 is 0 Å². The van der Waals surface area contributed by atoms with Crippen LogP contribution in [0.2, 0.25) is 0 Å². The monoisotopic (exact) mass is 389 g/mol. The lowest BCUT2D eigenvalue weighted by Crippen LogP contribution is -2.23. The van der Waals surface area contributed by atoms with E-state index in [2.05, 4.69) is 10.4 Å². The number of methoxy groups -OCH3 is 1. The number of alkyl halides is 3. The van der Waals surface area contributed by atoms with Crippen molar-refractivity contribution in [3.05, 3.63) is 77.1 Å². The number of rotatable bonds is 5. The van der Waals surface area contributed by atoms with Crippen molar-refractivity contribution in [3.63, 3.8) is 0 Å². The fourth-order valence-corrected chi connectivity index (χ4v) is 2.73. The first-order chi connectivity index (χ1) is 13.3. The number of hydrogen-bond donors (Lipinski definition) is 1. The van der Waals surface area contributed by atoms with Gasteiger partial charge in [-0.05, 0) is 42.8 Å². The zero-order chi connectivity index (χ0) is 20.3. The number of benzene rings is 2. The minimum atomic E-state index is -4.45. The summed E-state index contributed by atoms with van der Waals surface area (Å²) < 4.78 is 45.2. The van der Waals surface area contributed by atoms with Gasteiger partial charge in [0.2, 0.25) is 0 Å². The van der Waals surface area contributed by atoms with Gasteiger partial charge in [0.25, 0.3) is 5.91 Å². The highest BCUT2D eigenvalue weighted by molar-refractivity contribution is 5.95. The van der Waals surface area contributed by atoms with E-state index in [-0.39, 0.29) is 11.6 Å². The predicted octanol–water partition coefficient (Wildman–Crippen LogP) is 4.14.